The van der Waals surface area contributed by atoms with Gasteiger partial charge in [0.05, 0.1) is 11.7 Å². The Morgan fingerprint density at radius 3 is 2.69 bits per heavy atom. The van der Waals surface area contributed by atoms with Crippen LogP contribution in [-0.4, -0.2) is 29.2 Å². The highest BCUT2D eigenvalue weighted by Gasteiger charge is 2.50. The maximum absolute atomic E-state index is 5.97. The van der Waals surface area contributed by atoms with Gasteiger partial charge >= 0.3 is 0 Å². The Balaban J connectivity index is 1.74. The fourth-order valence-electron chi connectivity index (χ4n) is 3.17. The lowest BCUT2D eigenvalue weighted by Gasteiger charge is -2.38. The first-order chi connectivity index (χ1) is 7.65. The summed E-state index contributed by atoms with van der Waals surface area (Å²) in [6, 6.07) is 11.3. The van der Waals surface area contributed by atoms with E-state index in [0.29, 0.717) is 12.1 Å². The molecule has 0 spiro atoms. The van der Waals surface area contributed by atoms with Crippen molar-refractivity contribution in [3.8, 4) is 0 Å². The van der Waals surface area contributed by atoms with Gasteiger partial charge in [-0.25, -0.2) is 0 Å². The van der Waals surface area contributed by atoms with Crippen LogP contribution in [0.5, 0.6) is 0 Å². The van der Waals surface area contributed by atoms with E-state index in [2.05, 4.69) is 49.1 Å². The van der Waals surface area contributed by atoms with E-state index >= 15 is 0 Å². The molecular formula is C14H19NO. The minimum atomic E-state index is 0.0394. The summed E-state index contributed by atoms with van der Waals surface area (Å²) < 4.78 is 5.97. The summed E-state index contributed by atoms with van der Waals surface area (Å²) >= 11 is 0. The van der Waals surface area contributed by atoms with E-state index in [1.807, 2.05) is 0 Å². The van der Waals surface area contributed by atoms with E-state index in [1.54, 1.807) is 0 Å². The van der Waals surface area contributed by atoms with E-state index in [4.69, 9.17) is 4.74 Å². The van der Waals surface area contributed by atoms with Gasteiger partial charge in [-0.2, -0.15) is 0 Å². The zero-order valence-electron chi connectivity index (χ0n) is 10.0. The Morgan fingerprint density at radius 1 is 1.31 bits per heavy atom. The Kier molecular flexibility index (Phi) is 2.30. The summed E-state index contributed by atoms with van der Waals surface area (Å²) in [5.74, 6) is 0. The fourth-order valence-corrected chi connectivity index (χ4v) is 3.17. The standard InChI is InChI=1S/C14H19NO/c1-14(2)13-8-12(16-14)10-15(13)9-11-6-4-3-5-7-11/h3-7,12-13H,8-10H2,1-2H3. The summed E-state index contributed by atoms with van der Waals surface area (Å²) in [6.45, 7) is 6.60. The Labute approximate surface area is 97.2 Å². The van der Waals surface area contributed by atoms with E-state index in [1.165, 1.54) is 12.0 Å². The van der Waals surface area contributed by atoms with Crippen molar-refractivity contribution in [1.29, 1.82) is 0 Å². The molecule has 2 aliphatic rings. The number of rotatable bonds is 2. The molecular weight excluding hydrogens is 198 g/mol. The molecule has 0 saturated carbocycles. The summed E-state index contributed by atoms with van der Waals surface area (Å²) in [4.78, 5) is 2.57. The molecule has 16 heavy (non-hydrogen) atoms. The molecule has 2 heteroatoms. The zero-order chi connectivity index (χ0) is 11.2. The van der Waals surface area contributed by atoms with Crippen LogP contribution in [-0.2, 0) is 11.3 Å². The first-order valence-electron chi connectivity index (χ1n) is 6.11. The van der Waals surface area contributed by atoms with Gasteiger partial charge in [0.15, 0.2) is 0 Å². The lowest BCUT2D eigenvalue weighted by molar-refractivity contribution is -0.0924. The van der Waals surface area contributed by atoms with E-state index in [-0.39, 0.29) is 5.60 Å². The Hall–Kier alpha value is -0.860. The first-order valence-corrected chi connectivity index (χ1v) is 6.11. The molecule has 2 aliphatic heterocycles. The van der Waals surface area contributed by atoms with Gasteiger partial charge in [-0.3, -0.25) is 4.90 Å². The SMILES string of the molecule is CC1(C)OC2CC1N(Cc1ccccc1)C2. The molecule has 0 aromatic heterocycles. The van der Waals surface area contributed by atoms with Crippen LogP contribution in [0.2, 0.25) is 0 Å². The molecule has 0 amide bonds. The van der Waals surface area contributed by atoms with Crippen molar-refractivity contribution in [3.63, 3.8) is 0 Å². The van der Waals surface area contributed by atoms with E-state index < -0.39 is 0 Å². The summed E-state index contributed by atoms with van der Waals surface area (Å²) in [6.07, 6.45) is 1.67. The quantitative estimate of drug-likeness (QED) is 0.754. The number of nitrogens with zero attached hydrogens (tertiary/aromatic N) is 1. The maximum atomic E-state index is 5.97. The molecule has 3 rings (SSSR count). The third-order valence-electron chi connectivity index (χ3n) is 3.87. The van der Waals surface area contributed by atoms with Crippen molar-refractivity contribution in [2.24, 2.45) is 0 Å². The molecule has 0 N–H and O–H groups in total. The maximum Gasteiger partial charge on any atom is 0.0786 e. The predicted octanol–water partition coefficient (Wildman–Crippen LogP) is 2.44. The molecule has 2 atom stereocenters. The van der Waals surface area contributed by atoms with Crippen molar-refractivity contribution >= 4 is 0 Å². The number of hydrogen-bond donors (Lipinski definition) is 0. The van der Waals surface area contributed by atoms with Crippen molar-refractivity contribution in [1.82, 2.24) is 4.90 Å². The van der Waals surface area contributed by atoms with E-state index in [9.17, 15) is 0 Å². The number of hydrogen-bond acceptors (Lipinski definition) is 2. The molecule has 2 saturated heterocycles. The molecule has 2 fully saturated rings. The summed E-state index contributed by atoms with van der Waals surface area (Å²) in [5.41, 5.74) is 1.45. The monoisotopic (exact) mass is 217 g/mol. The predicted molar refractivity (Wildman–Crippen MR) is 64.2 cm³/mol. The minimum Gasteiger partial charge on any atom is -0.369 e. The van der Waals surface area contributed by atoms with Gasteiger partial charge in [0.25, 0.3) is 0 Å². The van der Waals surface area contributed by atoms with Crippen LogP contribution in [0.25, 0.3) is 0 Å². The highest BCUT2D eigenvalue weighted by molar-refractivity contribution is 5.16. The molecule has 2 nitrogen and oxygen atoms in total. The van der Waals surface area contributed by atoms with Crippen LogP contribution in [0.4, 0.5) is 0 Å². The number of benzene rings is 1. The number of ether oxygens (including phenoxy) is 1. The molecule has 86 valence electrons. The second-order valence-electron chi connectivity index (χ2n) is 5.51. The molecule has 2 heterocycles. The molecule has 1 aromatic carbocycles. The van der Waals surface area contributed by atoms with Crippen molar-refractivity contribution in [2.75, 3.05) is 6.54 Å². The lowest BCUT2D eigenvalue weighted by atomic mass is 9.98. The molecule has 0 radical (unpaired) electrons. The summed E-state index contributed by atoms with van der Waals surface area (Å²) in [7, 11) is 0. The van der Waals surface area contributed by atoms with E-state index in [0.717, 1.165) is 13.1 Å². The average Bonchev–Trinajstić information content (AvgIpc) is 2.74. The van der Waals surface area contributed by atoms with Crippen LogP contribution >= 0.6 is 0 Å². The second-order valence-corrected chi connectivity index (χ2v) is 5.51. The van der Waals surface area contributed by atoms with Gasteiger partial charge in [-0.05, 0) is 25.8 Å². The van der Waals surface area contributed by atoms with Crippen molar-refractivity contribution < 1.29 is 4.74 Å². The fraction of sp³-hybridized carbons (Fsp3) is 0.571. The minimum absolute atomic E-state index is 0.0394. The number of likely N-dealkylation sites (tertiary alicyclic amines) is 1. The van der Waals surface area contributed by atoms with Crippen LogP contribution in [0, 0.1) is 0 Å². The number of morpholine rings is 1. The average molecular weight is 217 g/mol. The third-order valence-corrected chi connectivity index (χ3v) is 3.87. The van der Waals surface area contributed by atoms with Gasteiger partial charge in [-0.15, -0.1) is 0 Å². The van der Waals surface area contributed by atoms with Crippen LogP contribution in [0.1, 0.15) is 25.8 Å². The normalized spacial score (nSPS) is 32.1. The third kappa shape index (κ3) is 1.66. The van der Waals surface area contributed by atoms with Crippen LogP contribution in [0.3, 0.4) is 0 Å². The highest BCUT2D eigenvalue weighted by Crippen LogP contribution is 2.40. The van der Waals surface area contributed by atoms with Gasteiger partial charge in [0, 0.05) is 19.1 Å². The van der Waals surface area contributed by atoms with Gasteiger partial charge in [0.2, 0.25) is 0 Å². The zero-order valence-corrected chi connectivity index (χ0v) is 10.0. The van der Waals surface area contributed by atoms with Gasteiger partial charge in [0.1, 0.15) is 0 Å². The van der Waals surface area contributed by atoms with Crippen LogP contribution < -0.4 is 0 Å². The molecule has 1 aromatic rings. The molecule has 2 unspecified atom stereocenters. The Bertz CT molecular complexity index is 374. The van der Waals surface area contributed by atoms with Gasteiger partial charge < -0.3 is 4.74 Å². The topological polar surface area (TPSA) is 12.5 Å². The van der Waals surface area contributed by atoms with Gasteiger partial charge in [-0.1, -0.05) is 30.3 Å². The Morgan fingerprint density at radius 2 is 2.06 bits per heavy atom. The van der Waals surface area contributed by atoms with Crippen molar-refractivity contribution in [2.45, 2.75) is 44.6 Å². The first kappa shape index (κ1) is 10.3. The number of fused-ring (bicyclic) bond motifs is 2. The molecule has 2 bridgehead atoms. The molecule has 0 aliphatic carbocycles. The smallest absolute Gasteiger partial charge is 0.0786 e. The van der Waals surface area contributed by atoms with Crippen LogP contribution in [0.15, 0.2) is 30.3 Å². The lowest BCUT2D eigenvalue weighted by Crippen LogP contribution is -2.48. The van der Waals surface area contributed by atoms with Crippen molar-refractivity contribution in [3.05, 3.63) is 35.9 Å². The summed E-state index contributed by atoms with van der Waals surface area (Å²) in [5, 5.41) is 0. The second kappa shape index (κ2) is 3.57. The largest absolute Gasteiger partial charge is 0.369 e. The highest BCUT2D eigenvalue weighted by atomic mass is 16.5.